The van der Waals surface area contributed by atoms with E-state index in [1.807, 2.05) is 37.0 Å². The van der Waals surface area contributed by atoms with Gasteiger partial charge < -0.3 is 15.0 Å². The maximum absolute atomic E-state index is 12.2. The number of hydrogen-bond acceptors (Lipinski definition) is 5. The molecule has 0 aliphatic rings. The highest BCUT2D eigenvalue weighted by molar-refractivity contribution is 5.92. The van der Waals surface area contributed by atoms with Crippen molar-refractivity contribution in [1.29, 1.82) is 0 Å². The topological polar surface area (TPSA) is 117 Å². The van der Waals surface area contributed by atoms with Crippen LogP contribution in [0.5, 0.6) is 11.6 Å². The van der Waals surface area contributed by atoms with Crippen molar-refractivity contribution >= 4 is 5.91 Å². The molecule has 0 spiro atoms. The Morgan fingerprint density at radius 3 is 2.56 bits per heavy atom. The number of aromatic amines is 2. The van der Waals surface area contributed by atoms with Crippen LogP contribution in [-0.4, -0.2) is 20.9 Å². The van der Waals surface area contributed by atoms with Gasteiger partial charge in [0.2, 0.25) is 5.88 Å². The third kappa shape index (κ3) is 4.30. The molecule has 27 heavy (non-hydrogen) atoms. The van der Waals surface area contributed by atoms with Crippen molar-refractivity contribution in [2.75, 3.05) is 0 Å². The Hall–Kier alpha value is -3.68. The molecule has 8 nitrogen and oxygen atoms in total. The lowest BCUT2D eigenvalue weighted by molar-refractivity contribution is 0.0945. The molecule has 0 saturated carbocycles. The summed E-state index contributed by atoms with van der Waals surface area (Å²) in [5, 5.41) is 2.64. The van der Waals surface area contributed by atoms with E-state index < -0.39 is 17.2 Å². The molecule has 1 aromatic carbocycles. The fourth-order valence-electron chi connectivity index (χ4n) is 2.57. The molecule has 3 aromatic rings. The fourth-order valence-corrected chi connectivity index (χ4v) is 2.57. The third-order valence-corrected chi connectivity index (χ3v) is 3.90. The summed E-state index contributed by atoms with van der Waals surface area (Å²) in [6.07, 6.45) is 1.60. The van der Waals surface area contributed by atoms with Gasteiger partial charge in [0.15, 0.2) is 0 Å². The second kappa shape index (κ2) is 7.69. The first-order valence-electron chi connectivity index (χ1n) is 8.24. The summed E-state index contributed by atoms with van der Waals surface area (Å²) in [5.41, 5.74) is 1.08. The van der Waals surface area contributed by atoms with E-state index in [1.165, 1.54) is 0 Å². The molecule has 0 atom stereocenters. The Morgan fingerprint density at radius 1 is 1.11 bits per heavy atom. The highest BCUT2D eigenvalue weighted by Gasteiger charge is 2.13. The van der Waals surface area contributed by atoms with Crippen LogP contribution in [0.1, 0.15) is 27.2 Å². The molecule has 0 bridgehead atoms. The first-order valence-corrected chi connectivity index (χ1v) is 8.24. The number of aryl methyl sites for hydroxylation is 2. The van der Waals surface area contributed by atoms with Crippen LogP contribution in [0.2, 0.25) is 0 Å². The standard InChI is InChI=1S/C19H18N4O4/c1-11-5-3-6-12(2)16(11)27-18-13(7-4-8-20-18)10-21-17(25)14-9-15(24)23-19(26)22-14/h3-9H,10H2,1-2H3,(H,21,25)(H2,22,23,24,26). The van der Waals surface area contributed by atoms with Gasteiger partial charge in [0.1, 0.15) is 11.4 Å². The Labute approximate surface area is 154 Å². The van der Waals surface area contributed by atoms with Gasteiger partial charge in [-0.3, -0.25) is 14.6 Å². The number of rotatable bonds is 5. The number of para-hydroxylation sites is 1. The smallest absolute Gasteiger partial charge is 0.326 e. The lowest BCUT2D eigenvalue weighted by atomic mass is 10.1. The fraction of sp³-hybridized carbons (Fsp3) is 0.158. The summed E-state index contributed by atoms with van der Waals surface area (Å²) in [4.78, 5) is 43.4. The maximum atomic E-state index is 12.2. The van der Waals surface area contributed by atoms with Crippen LogP contribution in [0, 0.1) is 13.8 Å². The van der Waals surface area contributed by atoms with E-state index in [1.54, 1.807) is 18.3 Å². The SMILES string of the molecule is Cc1cccc(C)c1Oc1ncccc1CNC(=O)c1cc(=O)[nH]c(=O)[nH]1. The van der Waals surface area contributed by atoms with Gasteiger partial charge in [-0.25, -0.2) is 9.78 Å². The zero-order valence-electron chi connectivity index (χ0n) is 14.8. The van der Waals surface area contributed by atoms with Crippen molar-refractivity contribution in [3.05, 3.63) is 85.8 Å². The van der Waals surface area contributed by atoms with Gasteiger partial charge in [0.05, 0.1) is 0 Å². The molecular weight excluding hydrogens is 348 g/mol. The van der Waals surface area contributed by atoms with E-state index in [2.05, 4.69) is 15.3 Å². The van der Waals surface area contributed by atoms with Gasteiger partial charge in [0.25, 0.3) is 11.5 Å². The molecular formula is C19H18N4O4. The second-order valence-corrected chi connectivity index (χ2v) is 5.97. The van der Waals surface area contributed by atoms with Crippen molar-refractivity contribution in [2.24, 2.45) is 0 Å². The predicted molar refractivity (Wildman–Crippen MR) is 99.1 cm³/mol. The molecule has 0 fully saturated rings. The van der Waals surface area contributed by atoms with Gasteiger partial charge in [-0.2, -0.15) is 0 Å². The summed E-state index contributed by atoms with van der Waals surface area (Å²) in [7, 11) is 0. The van der Waals surface area contributed by atoms with E-state index >= 15 is 0 Å². The van der Waals surface area contributed by atoms with Crippen LogP contribution in [-0.2, 0) is 6.54 Å². The number of nitrogens with zero attached hydrogens (tertiary/aromatic N) is 1. The van der Waals surface area contributed by atoms with Gasteiger partial charge in [-0.15, -0.1) is 0 Å². The predicted octanol–water partition coefficient (Wildman–Crippen LogP) is 1.80. The number of nitrogens with one attached hydrogen (secondary N) is 3. The number of aromatic nitrogens is 3. The first kappa shape index (κ1) is 18.1. The summed E-state index contributed by atoms with van der Waals surface area (Å²) < 4.78 is 5.97. The van der Waals surface area contributed by atoms with E-state index in [4.69, 9.17) is 4.74 Å². The summed E-state index contributed by atoms with van der Waals surface area (Å²) in [5.74, 6) is 0.498. The number of amides is 1. The molecule has 0 saturated heterocycles. The molecule has 1 amide bonds. The molecule has 0 aliphatic carbocycles. The quantitative estimate of drug-likeness (QED) is 0.636. The lowest BCUT2D eigenvalue weighted by Crippen LogP contribution is -2.30. The van der Waals surface area contributed by atoms with Crippen molar-refractivity contribution in [3.63, 3.8) is 0 Å². The monoisotopic (exact) mass is 366 g/mol. The molecule has 8 heteroatoms. The maximum Gasteiger partial charge on any atom is 0.326 e. The third-order valence-electron chi connectivity index (χ3n) is 3.90. The van der Waals surface area contributed by atoms with Gasteiger partial charge in [-0.05, 0) is 31.0 Å². The van der Waals surface area contributed by atoms with Crippen molar-refractivity contribution in [1.82, 2.24) is 20.3 Å². The van der Waals surface area contributed by atoms with Crippen LogP contribution in [0.3, 0.4) is 0 Å². The van der Waals surface area contributed by atoms with E-state index in [0.717, 1.165) is 17.2 Å². The lowest BCUT2D eigenvalue weighted by Gasteiger charge is -2.14. The summed E-state index contributed by atoms with van der Waals surface area (Å²) in [6.45, 7) is 3.99. The number of H-pyrrole nitrogens is 2. The summed E-state index contributed by atoms with van der Waals surface area (Å²) in [6, 6.07) is 10.4. The van der Waals surface area contributed by atoms with Crippen LogP contribution in [0.15, 0.2) is 52.2 Å². The highest BCUT2D eigenvalue weighted by Crippen LogP contribution is 2.29. The zero-order valence-corrected chi connectivity index (χ0v) is 14.8. The molecule has 2 heterocycles. The Balaban J connectivity index is 1.79. The molecule has 138 valence electrons. The zero-order chi connectivity index (χ0) is 19.4. The number of pyridine rings is 1. The molecule has 0 radical (unpaired) electrons. The Morgan fingerprint density at radius 2 is 1.85 bits per heavy atom. The van der Waals surface area contributed by atoms with Crippen LogP contribution in [0.4, 0.5) is 0 Å². The van der Waals surface area contributed by atoms with Crippen molar-refractivity contribution in [3.8, 4) is 11.6 Å². The molecule has 0 unspecified atom stereocenters. The van der Waals surface area contributed by atoms with Crippen molar-refractivity contribution < 1.29 is 9.53 Å². The number of ether oxygens (including phenoxy) is 1. The van der Waals surface area contributed by atoms with Gasteiger partial charge in [0, 0.05) is 24.4 Å². The number of carbonyl (C=O) groups is 1. The number of hydrogen-bond donors (Lipinski definition) is 3. The van der Waals surface area contributed by atoms with E-state index in [-0.39, 0.29) is 12.2 Å². The average molecular weight is 366 g/mol. The average Bonchev–Trinajstić information content (AvgIpc) is 2.63. The minimum Gasteiger partial charge on any atom is -0.438 e. The summed E-state index contributed by atoms with van der Waals surface area (Å²) >= 11 is 0. The van der Waals surface area contributed by atoms with E-state index in [9.17, 15) is 14.4 Å². The van der Waals surface area contributed by atoms with Crippen LogP contribution < -0.4 is 21.3 Å². The minimum absolute atomic E-state index is 0.113. The second-order valence-electron chi connectivity index (χ2n) is 5.97. The highest BCUT2D eigenvalue weighted by atomic mass is 16.5. The molecule has 0 aliphatic heterocycles. The Kier molecular flexibility index (Phi) is 5.16. The minimum atomic E-state index is -0.743. The molecule has 2 aromatic heterocycles. The van der Waals surface area contributed by atoms with Crippen LogP contribution in [0.25, 0.3) is 0 Å². The molecule has 3 rings (SSSR count). The first-order chi connectivity index (χ1) is 12.9. The van der Waals surface area contributed by atoms with Crippen molar-refractivity contribution in [2.45, 2.75) is 20.4 Å². The largest absolute Gasteiger partial charge is 0.438 e. The van der Waals surface area contributed by atoms with E-state index in [0.29, 0.717) is 17.2 Å². The normalized spacial score (nSPS) is 10.4. The molecule has 3 N–H and O–H groups in total. The number of benzene rings is 1. The number of carbonyl (C=O) groups excluding carboxylic acids is 1. The van der Waals surface area contributed by atoms with Gasteiger partial charge in [-0.1, -0.05) is 24.3 Å². The Bertz CT molecular complexity index is 1050. The van der Waals surface area contributed by atoms with Crippen LogP contribution >= 0.6 is 0 Å². The van der Waals surface area contributed by atoms with Gasteiger partial charge >= 0.3 is 5.69 Å².